The smallest absolute Gasteiger partial charge is 0.177 e. The molecule has 4 aromatic rings. The molecule has 1 fully saturated rings. The molecule has 2 aromatic heterocycles. The zero-order chi connectivity index (χ0) is 26.2. The lowest BCUT2D eigenvalue weighted by Gasteiger charge is -2.24. The lowest BCUT2D eigenvalue weighted by Crippen LogP contribution is -2.37. The standard InChI is InChI=1S/C27H30FN5O3S/c1-17-11-22(32-37(34)9-7-33(4)8-10-37)15-24-27(17)23(29-16-30-24)13-20-5-6-21(28)14-26(20)35-19(3)25-12-18(2)31-36-25/h5-6,11-12,14-16,19H,7-10,13H2,1-4H3/t19-/m1/s1. The summed E-state index contributed by atoms with van der Waals surface area (Å²) in [6, 6.07) is 10.1. The van der Waals surface area contributed by atoms with Crippen LogP contribution in [0.2, 0.25) is 0 Å². The molecule has 194 valence electrons. The zero-order valence-corrected chi connectivity index (χ0v) is 22.2. The molecule has 10 heteroatoms. The maximum Gasteiger partial charge on any atom is 0.177 e. The van der Waals surface area contributed by atoms with Crippen molar-refractivity contribution in [1.82, 2.24) is 20.0 Å². The monoisotopic (exact) mass is 523 g/mol. The van der Waals surface area contributed by atoms with Gasteiger partial charge in [0.05, 0.1) is 32.3 Å². The molecule has 0 radical (unpaired) electrons. The van der Waals surface area contributed by atoms with Crippen LogP contribution in [0.3, 0.4) is 0 Å². The zero-order valence-electron chi connectivity index (χ0n) is 21.4. The molecule has 0 spiro atoms. The Morgan fingerprint density at radius 1 is 1.16 bits per heavy atom. The molecule has 0 N–H and O–H groups in total. The van der Waals surface area contributed by atoms with Crippen LogP contribution in [0.25, 0.3) is 10.9 Å². The van der Waals surface area contributed by atoms with Crippen LogP contribution in [-0.4, -0.2) is 55.9 Å². The van der Waals surface area contributed by atoms with Gasteiger partial charge in [-0.2, -0.15) is 4.36 Å². The van der Waals surface area contributed by atoms with E-state index in [1.54, 1.807) is 12.1 Å². The maximum atomic E-state index is 14.2. The van der Waals surface area contributed by atoms with Crippen LogP contribution in [0.1, 0.15) is 41.3 Å². The highest BCUT2D eigenvalue weighted by atomic mass is 32.2. The van der Waals surface area contributed by atoms with Gasteiger partial charge in [-0.1, -0.05) is 11.2 Å². The first-order chi connectivity index (χ1) is 17.7. The quantitative estimate of drug-likeness (QED) is 0.345. The third kappa shape index (κ3) is 5.65. The lowest BCUT2D eigenvalue weighted by atomic mass is 10.0. The summed E-state index contributed by atoms with van der Waals surface area (Å²) in [6.07, 6.45) is 1.48. The third-order valence-electron chi connectivity index (χ3n) is 6.59. The molecule has 1 aliphatic heterocycles. The second-order valence-corrected chi connectivity index (χ2v) is 12.2. The van der Waals surface area contributed by atoms with Gasteiger partial charge >= 0.3 is 0 Å². The van der Waals surface area contributed by atoms with Gasteiger partial charge in [0.1, 0.15) is 17.9 Å². The summed E-state index contributed by atoms with van der Waals surface area (Å²) < 4.78 is 43.5. The lowest BCUT2D eigenvalue weighted by molar-refractivity contribution is 0.179. The van der Waals surface area contributed by atoms with Crippen molar-refractivity contribution in [3.8, 4) is 5.75 Å². The minimum absolute atomic E-state index is 0.391. The normalized spacial score (nSPS) is 16.6. The van der Waals surface area contributed by atoms with E-state index in [0.29, 0.717) is 35.1 Å². The van der Waals surface area contributed by atoms with Gasteiger partial charge in [-0.25, -0.2) is 18.6 Å². The van der Waals surface area contributed by atoms with Crippen molar-refractivity contribution in [2.45, 2.75) is 33.3 Å². The molecular weight excluding hydrogens is 493 g/mol. The van der Waals surface area contributed by atoms with Crippen molar-refractivity contribution in [1.29, 1.82) is 0 Å². The molecular formula is C27H30FN5O3S. The molecule has 37 heavy (non-hydrogen) atoms. The van der Waals surface area contributed by atoms with E-state index in [4.69, 9.17) is 9.26 Å². The number of halogens is 1. The minimum Gasteiger partial charge on any atom is -0.482 e. The molecule has 8 nitrogen and oxygen atoms in total. The van der Waals surface area contributed by atoms with Crippen LogP contribution in [0, 0.1) is 19.7 Å². The Labute approximate surface area is 216 Å². The largest absolute Gasteiger partial charge is 0.482 e. The molecule has 3 heterocycles. The van der Waals surface area contributed by atoms with E-state index in [2.05, 4.69) is 24.4 Å². The average Bonchev–Trinajstić information content (AvgIpc) is 3.29. The highest BCUT2D eigenvalue weighted by Gasteiger charge is 2.20. The van der Waals surface area contributed by atoms with Gasteiger partial charge in [0.15, 0.2) is 11.9 Å². The van der Waals surface area contributed by atoms with E-state index in [1.165, 1.54) is 18.5 Å². The second-order valence-electron chi connectivity index (χ2n) is 9.61. The molecule has 1 saturated heterocycles. The number of ether oxygens (including phenoxy) is 1. The third-order valence-corrected chi connectivity index (χ3v) is 8.78. The number of fused-ring (bicyclic) bond motifs is 1. The van der Waals surface area contributed by atoms with E-state index >= 15 is 0 Å². The van der Waals surface area contributed by atoms with Crippen molar-refractivity contribution in [2.75, 3.05) is 31.6 Å². The molecule has 2 aromatic carbocycles. The molecule has 0 amide bonds. The van der Waals surface area contributed by atoms with Crippen LogP contribution in [0.15, 0.2) is 51.6 Å². The number of benzene rings is 2. The van der Waals surface area contributed by atoms with Gasteiger partial charge in [0, 0.05) is 54.1 Å². The van der Waals surface area contributed by atoms with Gasteiger partial charge in [0.2, 0.25) is 0 Å². The Morgan fingerprint density at radius 3 is 2.68 bits per heavy atom. The number of aryl methyl sites for hydroxylation is 2. The Morgan fingerprint density at radius 2 is 1.95 bits per heavy atom. The van der Waals surface area contributed by atoms with Crippen molar-refractivity contribution in [2.24, 2.45) is 4.36 Å². The van der Waals surface area contributed by atoms with Crippen molar-refractivity contribution in [3.05, 3.63) is 76.8 Å². The average molecular weight is 524 g/mol. The van der Waals surface area contributed by atoms with Crippen molar-refractivity contribution < 1.29 is 17.9 Å². The predicted octanol–water partition coefficient (Wildman–Crippen LogP) is 5.15. The highest BCUT2D eigenvalue weighted by Crippen LogP contribution is 2.32. The fraction of sp³-hybridized carbons (Fsp3) is 0.370. The number of hydrogen-bond acceptors (Lipinski definition) is 8. The molecule has 0 aliphatic carbocycles. The summed E-state index contributed by atoms with van der Waals surface area (Å²) >= 11 is 0. The summed E-state index contributed by atoms with van der Waals surface area (Å²) in [5.74, 6) is 1.72. The Kier molecular flexibility index (Phi) is 6.96. The molecule has 1 atom stereocenters. The molecule has 0 unspecified atom stereocenters. The molecule has 0 bridgehead atoms. The van der Waals surface area contributed by atoms with E-state index < -0.39 is 21.7 Å². The first-order valence-electron chi connectivity index (χ1n) is 12.2. The first kappa shape index (κ1) is 25.3. The summed E-state index contributed by atoms with van der Waals surface area (Å²) in [6.45, 7) is 7.20. The van der Waals surface area contributed by atoms with Gasteiger partial charge in [-0.05, 0) is 51.6 Å². The number of hydrogen-bond donors (Lipinski definition) is 0. The highest BCUT2D eigenvalue weighted by molar-refractivity contribution is 7.93. The van der Waals surface area contributed by atoms with Gasteiger partial charge < -0.3 is 14.2 Å². The van der Waals surface area contributed by atoms with E-state index in [-0.39, 0.29) is 0 Å². The van der Waals surface area contributed by atoms with Crippen molar-refractivity contribution >= 4 is 26.3 Å². The van der Waals surface area contributed by atoms with E-state index in [9.17, 15) is 8.60 Å². The van der Waals surface area contributed by atoms with E-state index in [0.717, 1.165) is 46.5 Å². The fourth-order valence-electron chi connectivity index (χ4n) is 4.52. The molecule has 1 aliphatic rings. The summed E-state index contributed by atoms with van der Waals surface area (Å²) in [5, 5.41) is 4.81. The molecule has 5 rings (SSSR count). The number of rotatable bonds is 6. The number of nitrogens with zero attached hydrogens (tertiary/aromatic N) is 5. The van der Waals surface area contributed by atoms with Crippen LogP contribution < -0.4 is 4.74 Å². The molecule has 0 saturated carbocycles. The van der Waals surface area contributed by atoms with Crippen LogP contribution >= 0.6 is 0 Å². The van der Waals surface area contributed by atoms with Crippen LogP contribution in [0.4, 0.5) is 10.1 Å². The Bertz CT molecular complexity index is 1560. The van der Waals surface area contributed by atoms with E-state index in [1.807, 2.05) is 40.0 Å². The number of aromatic nitrogens is 3. The second kappa shape index (κ2) is 10.2. The van der Waals surface area contributed by atoms with Crippen LogP contribution in [0.5, 0.6) is 5.75 Å². The van der Waals surface area contributed by atoms with Crippen LogP contribution in [-0.2, 0) is 16.1 Å². The summed E-state index contributed by atoms with van der Waals surface area (Å²) in [5.41, 5.74) is 4.67. The maximum absolute atomic E-state index is 14.2. The summed E-state index contributed by atoms with van der Waals surface area (Å²) in [7, 11) is -0.254. The Balaban J connectivity index is 1.47. The fourth-order valence-corrected chi connectivity index (χ4v) is 6.59. The summed E-state index contributed by atoms with van der Waals surface area (Å²) in [4.78, 5) is 11.2. The van der Waals surface area contributed by atoms with Gasteiger partial charge in [-0.15, -0.1) is 0 Å². The SMILES string of the molecule is Cc1cc([C@@H](C)Oc2cc(F)ccc2Cc2ncnc3cc(N=S4(=O)CCN(C)CC4)cc(C)c23)on1. The van der Waals surface area contributed by atoms with Crippen molar-refractivity contribution in [3.63, 3.8) is 0 Å². The first-order valence-corrected chi connectivity index (χ1v) is 14.1. The van der Waals surface area contributed by atoms with Gasteiger partial charge in [0.25, 0.3) is 0 Å². The Hall–Kier alpha value is -3.37. The minimum atomic E-state index is -2.29. The topological polar surface area (TPSA) is 93.7 Å². The predicted molar refractivity (Wildman–Crippen MR) is 141 cm³/mol. The van der Waals surface area contributed by atoms with Gasteiger partial charge in [-0.3, -0.25) is 0 Å².